The molecule has 1 N–H and O–H groups in total. The summed E-state index contributed by atoms with van der Waals surface area (Å²) in [4.78, 5) is 0. The molecule has 1 nitrogen and oxygen atoms in total. The van der Waals surface area contributed by atoms with Crippen LogP contribution in [0.25, 0.3) is 0 Å². The van der Waals surface area contributed by atoms with Gasteiger partial charge in [0.15, 0.2) is 11.6 Å². The average molecular weight is 227 g/mol. The summed E-state index contributed by atoms with van der Waals surface area (Å²) in [6.45, 7) is 6.23. The Kier molecular flexibility index (Phi) is 4.03. The summed E-state index contributed by atoms with van der Waals surface area (Å²) < 4.78 is 26.7. The predicted octanol–water partition coefficient (Wildman–Crippen LogP) is 3.66. The minimum absolute atomic E-state index is 0.0619. The Balaban J connectivity index is 3.00. The fourth-order valence-corrected chi connectivity index (χ4v) is 1.77. The monoisotopic (exact) mass is 227 g/mol. The summed E-state index contributed by atoms with van der Waals surface area (Å²) in [5, 5.41) is 3.04. The highest BCUT2D eigenvalue weighted by Gasteiger charge is 2.22. The molecule has 1 aromatic rings. The minimum Gasteiger partial charge on any atom is -0.313 e. The topological polar surface area (TPSA) is 12.0 Å². The lowest BCUT2D eigenvalue weighted by atomic mass is 9.85. The van der Waals surface area contributed by atoms with Crippen molar-refractivity contribution >= 4 is 0 Å². The molecule has 0 aliphatic heterocycles. The smallest absolute Gasteiger partial charge is 0.163 e. The van der Waals surface area contributed by atoms with Gasteiger partial charge >= 0.3 is 0 Å². The van der Waals surface area contributed by atoms with Gasteiger partial charge in [0.2, 0.25) is 0 Å². The fraction of sp³-hybridized carbons (Fsp3) is 0.538. The van der Waals surface area contributed by atoms with Crippen LogP contribution in [-0.4, -0.2) is 7.05 Å². The van der Waals surface area contributed by atoms with E-state index in [1.165, 1.54) is 0 Å². The van der Waals surface area contributed by atoms with E-state index < -0.39 is 11.6 Å². The molecule has 0 spiro atoms. The van der Waals surface area contributed by atoms with Crippen LogP contribution < -0.4 is 5.32 Å². The molecule has 3 heteroatoms. The SMILES string of the molecule is CNC(CC(C)(C)C)c1cccc(F)c1F. The first-order valence-electron chi connectivity index (χ1n) is 5.46. The van der Waals surface area contributed by atoms with Crippen molar-refractivity contribution in [3.8, 4) is 0 Å². The van der Waals surface area contributed by atoms with Crippen molar-refractivity contribution in [2.24, 2.45) is 5.41 Å². The lowest BCUT2D eigenvalue weighted by Crippen LogP contribution is -2.23. The van der Waals surface area contributed by atoms with Crippen LogP contribution in [0.4, 0.5) is 8.78 Å². The quantitative estimate of drug-likeness (QED) is 0.831. The summed E-state index contributed by atoms with van der Waals surface area (Å²) in [5.74, 6) is -1.53. The third-order valence-electron chi connectivity index (χ3n) is 2.52. The molecule has 0 aliphatic rings. The maximum Gasteiger partial charge on any atom is 0.163 e. The first-order chi connectivity index (χ1) is 7.35. The van der Waals surface area contributed by atoms with Gasteiger partial charge in [-0.15, -0.1) is 0 Å². The van der Waals surface area contributed by atoms with Crippen LogP contribution >= 0.6 is 0 Å². The molecule has 0 fully saturated rings. The molecule has 0 radical (unpaired) electrons. The molecule has 16 heavy (non-hydrogen) atoms. The van der Waals surface area contributed by atoms with Crippen LogP contribution in [0.15, 0.2) is 18.2 Å². The second-order valence-corrected chi connectivity index (χ2v) is 5.25. The number of hydrogen-bond donors (Lipinski definition) is 1. The van der Waals surface area contributed by atoms with Crippen molar-refractivity contribution in [3.63, 3.8) is 0 Å². The van der Waals surface area contributed by atoms with Crippen molar-refractivity contribution in [1.82, 2.24) is 5.32 Å². The van der Waals surface area contributed by atoms with E-state index in [-0.39, 0.29) is 11.5 Å². The molecule has 0 amide bonds. The van der Waals surface area contributed by atoms with Crippen LogP contribution in [0.2, 0.25) is 0 Å². The lowest BCUT2D eigenvalue weighted by Gasteiger charge is -2.26. The Morgan fingerprint density at radius 2 is 1.88 bits per heavy atom. The summed E-state index contributed by atoms with van der Waals surface area (Å²) >= 11 is 0. The second-order valence-electron chi connectivity index (χ2n) is 5.25. The summed E-state index contributed by atoms with van der Waals surface area (Å²) in [7, 11) is 1.76. The second kappa shape index (κ2) is 4.91. The number of benzene rings is 1. The maximum atomic E-state index is 13.6. The molecular weight excluding hydrogens is 208 g/mol. The first kappa shape index (κ1) is 13.1. The van der Waals surface area contributed by atoms with E-state index >= 15 is 0 Å². The fourth-order valence-electron chi connectivity index (χ4n) is 1.77. The number of nitrogens with one attached hydrogen (secondary N) is 1. The van der Waals surface area contributed by atoms with Gasteiger partial charge in [0, 0.05) is 11.6 Å². The zero-order valence-electron chi connectivity index (χ0n) is 10.3. The van der Waals surface area contributed by atoms with Gasteiger partial charge in [-0.3, -0.25) is 0 Å². The van der Waals surface area contributed by atoms with Gasteiger partial charge in [-0.25, -0.2) is 8.78 Å². The highest BCUT2D eigenvalue weighted by atomic mass is 19.2. The van der Waals surface area contributed by atoms with Crippen LogP contribution in [0.1, 0.15) is 38.8 Å². The first-order valence-corrected chi connectivity index (χ1v) is 5.46. The normalized spacial score (nSPS) is 13.9. The molecule has 0 saturated carbocycles. The van der Waals surface area contributed by atoms with Gasteiger partial charge in [-0.05, 0) is 24.9 Å². The molecule has 0 aromatic heterocycles. The number of hydrogen-bond acceptors (Lipinski definition) is 1. The molecule has 1 unspecified atom stereocenters. The van der Waals surface area contributed by atoms with E-state index in [0.717, 1.165) is 12.5 Å². The molecule has 0 aliphatic carbocycles. The van der Waals surface area contributed by atoms with Gasteiger partial charge in [-0.1, -0.05) is 32.9 Å². The Hall–Kier alpha value is -0.960. The van der Waals surface area contributed by atoms with Gasteiger partial charge in [0.05, 0.1) is 0 Å². The van der Waals surface area contributed by atoms with Crippen LogP contribution in [0, 0.1) is 17.0 Å². The molecule has 0 heterocycles. The minimum atomic E-state index is -0.786. The van der Waals surface area contributed by atoms with E-state index in [0.29, 0.717) is 5.56 Å². The van der Waals surface area contributed by atoms with Crippen LogP contribution in [-0.2, 0) is 0 Å². The predicted molar refractivity (Wildman–Crippen MR) is 62.2 cm³/mol. The van der Waals surface area contributed by atoms with Crippen LogP contribution in [0.5, 0.6) is 0 Å². The Labute approximate surface area is 95.9 Å². The third kappa shape index (κ3) is 3.27. The van der Waals surface area contributed by atoms with Crippen molar-refractivity contribution < 1.29 is 8.78 Å². The maximum absolute atomic E-state index is 13.6. The van der Waals surface area contributed by atoms with E-state index in [1.54, 1.807) is 19.2 Å². The molecule has 1 aromatic carbocycles. The molecular formula is C13H19F2N. The molecule has 0 bridgehead atoms. The Morgan fingerprint density at radius 3 is 2.38 bits per heavy atom. The standard InChI is InChI=1S/C13H19F2N/c1-13(2,3)8-11(16-4)9-6-5-7-10(14)12(9)15/h5-7,11,16H,8H2,1-4H3. The highest BCUT2D eigenvalue weighted by Crippen LogP contribution is 2.30. The Morgan fingerprint density at radius 1 is 1.25 bits per heavy atom. The Bertz CT molecular complexity index is 355. The van der Waals surface area contributed by atoms with E-state index in [1.807, 2.05) is 0 Å². The summed E-state index contributed by atoms with van der Waals surface area (Å²) in [5.41, 5.74) is 0.462. The summed E-state index contributed by atoms with van der Waals surface area (Å²) in [6.07, 6.45) is 0.754. The molecule has 90 valence electrons. The zero-order valence-corrected chi connectivity index (χ0v) is 10.3. The van der Waals surface area contributed by atoms with Crippen LogP contribution in [0.3, 0.4) is 0 Å². The van der Waals surface area contributed by atoms with E-state index in [9.17, 15) is 8.78 Å². The van der Waals surface area contributed by atoms with Crippen molar-refractivity contribution in [2.45, 2.75) is 33.2 Å². The van der Waals surface area contributed by atoms with Gasteiger partial charge in [0.25, 0.3) is 0 Å². The lowest BCUT2D eigenvalue weighted by molar-refractivity contribution is 0.314. The highest BCUT2D eigenvalue weighted by molar-refractivity contribution is 5.22. The molecule has 1 atom stereocenters. The molecule has 1 rings (SSSR count). The number of rotatable bonds is 3. The van der Waals surface area contributed by atoms with Gasteiger partial charge in [-0.2, -0.15) is 0 Å². The summed E-state index contributed by atoms with van der Waals surface area (Å²) in [6, 6.07) is 4.16. The largest absolute Gasteiger partial charge is 0.313 e. The van der Waals surface area contributed by atoms with Crippen molar-refractivity contribution in [2.75, 3.05) is 7.05 Å². The third-order valence-corrected chi connectivity index (χ3v) is 2.52. The average Bonchev–Trinajstić information content (AvgIpc) is 2.18. The van der Waals surface area contributed by atoms with E-state index in [2.05, 4.69) is 26.1 Å². The van der Waals surface area contributed by atoms with Crippen molar-refractivity contribution in [3.05, 3.63) is 35.4 Å². The number of halogens is 2. The van der Waals surface area contributed by atoms with Gasteiger partial charge < -0.3 is 5.32 Å². The van der Waals surface area contributed by atoms with Gasteiger partial charge in [0.1, 0.15) is 0 Å². The molecule has 0 saturated heterocycles. The van der Waals surface area contributed by atoms with E-state index in [4.69, 9.17) is 0 Å². The zero-order chi connectivity index (χ0) is 12.3. The van der Waals surface area contributed by atoms with Crippen molar-refractivity contribution in [1.29, 1.82) is 0 Å².